The first kappa shape index (κ1) is 7.79. The van der Waals surface area contributed by atoms with Crippen molar-refractivity contribution < 1.29 is 5.11 Å². The molecule has 1 heterocycles. The molecule has 1 aromatic heterocycles. The third-order valence-corrected chi connectivity index (χ3v) is 1.84. The Hall–Kier alpha value is -1.84. The van der Waals surface area contributed by atoms with E-state index in [0.717, 1.165) is 11.4 Å². The van der Waals surface area contributed by atoms with Crippen molar-refractivity contribution in [2.75, 3.05) is 0 Å². The number of nitrogens with zero attached hydrogens (tertiary/aromatic N) is 3. The van der Waals surface area contributed by atoms with Crippen molar-refractivity contribution in [3.8, 4) is 17.1 Å². The van der Waals surface area contributed by atoms with Gasteiger partial charge in [-0.15, -0.1) is 10.2 Å². The summed E-state index contributed by atoms with van der Waals surface area (Å²) in [7, 11) is 1.88. The van der Waals surface area contributed by atoms with Gasteiger partial charge >= 0.3 is 0 Å². The van der Waals surface area contributed by atoms with Gasteiger partial charge in [-0.05, 0) is 24.3 Å². The Morgan fingerprint density at radius 3 is 2.46 bits per heavy atom. The van der Waals surface area contributed by atoms with Gasteiger partial charge in [-0.1, -0.05) is 0 Å². The zero-order chi connectivity index (χ0) is 9.26. The zero-order valence-electron chi connectivity index (χ0n) is 7.18. The first-order valence-corrected chi connectivity index (χ1v) is 3.91. The van der Waals surface area contributed by atoms with Crippen LogP contribution < -0.4 is 0 Å². The summed E-state index contributed by atoms with van der Waals surface area (Å²) in [6, 6.07) is 6.87. The smallest absolute Gasteiger partial charge is 0.163 e. The Morgan fingerprint density at radius 1 is 1.23 bits per heavy atom. The molecule has 0 bridgehead atoms. The van der Waals surface area contributed by atoms with Gasteiger partial charge in [0.05, 0.1) is 0 Å². The van der Waals surface area contributed by atoms with Gasteiger partial charge in [-0.2, -0.15) is 0 Å². The van der Waals surface area contributed by atoms with Gasteiger partial charge < -0.3 is 9.67 Å². The number of aryl methyl sites for hydroxylation is 1. The van der Waals surface area contributed by atoms with Crippen LogP contribution in [0.1, 0.15) is 0 Å². The second-order valence-corrected chi connectivity index (χ2v) is 2.81. The average molecular weight is 175 g/mol. The van der Waals surface area contributed by atoms with Gasteiger partial charge in [0.15, 0.2) is 5.82 Å². The number of benzene rings is 1. The zero-order valence-corrected chi connectivity index (χ0v) is 7.18. The summed E-state index contributed by atoms with van der Waals surface area (Å²) in [5, 5.41) is 16.8. The SMILES string of the molecule is Cn1cnnc1-c1ccc(O)cc1. The van der Waals surface area contributed by atoms with E-state index in [1.165, 1.54) is 0 Å². The van der Waals surface area contributed by atoms with E-state index in [1.807, 2.05) is 11.6 Å². The van der Waals surface area contributed by atoms with Crippen molar-refractivity contribution in [2.45, 2.75) is 0 Å². The lowest BCUT2D eigenvalue weighted by molar-refractivity contribution is 0.475. The molecular formula is C9H9N3O. The van der Waals surface area contributed by atoms with Crippen LogP contribution in [0.4, 0.5) is 0 Å². The maximum Gasteiger partial charge on any atom is 0.163 e. The molecule has 0 atom stereocenters. The predicted octanol–water partition coefficient (Wildman–Crippen LogP) is 1.19. The van der Waals surface area contributed by atoms with Crippen molar-refractivity contribution in [1.82, 2.24) is 14.8 Å². The van der Waals surface area contributed by atoms with E-state index in [0.29, 0.717) is 0 Å². The lowest BCUT2D eigenvalue weighted by atomic mass is 10.2. The van der Waals surface area contributed by atoms with E-state index >= 15 is 0 Å². The summed E-state index contributed by atoms with van der Waals surface area (Å²) in [5.74, 6) is 1.05. The molecule has 1 aromatic carbocycles. The first-order chi connectivity index (χ1) is 6.27. The number of phenolic OH excluding ortho intramolecular Hbond substituents is 1. The van der Waals surface area contributed by atoms with Crippen LogP contribution in [0, 0.1) is 0 Å². The van der Waals surface area contributed by atoms with Gasteiger partial charge in [0.2, 0.25) is 0 Å². The summed E-state index contributed by atoms with van der Waals surface area (Å²) in [5.41, 5.74) is 0.942. The summed E-state index contributed by atoms with van der Waals surface area (Å²) in [4.78, 5) is 0. The fourth-order valence-corrected chi connectivity index (χ4v) is 1.16. The summed E-state index contributed by atoms with van der Waals surface area (Å²) in [6.45, 7) is 0. The second-order valence-electron chi connectivity index (χ2n) is 2.81. The van der Waals surface area contributed by atoms with Gasteiger partial charge in [0, 0.05) is 12.6 Å². The highest BCUT2D eigenvalue weighted by Gasteiger charge is 2.02. The lowest BCUT2D eigenvalue weighted by Crippen LogP contribution is -1.90. The van der Waals surface area contributed by atoms with Crippen LogP contribution >= 0.6 is 0 Å². The summed E-state index contributed by atoms with van der Waals surface area (Å²) in [6.07, 6.45) is 1.64. The molecule has 1 N–H and O–H groups in total. The Kier molecular flexibility index (Phi) is 1.73. The summed E-state index contributed by atoms with van der Waals surface area (Å²) >= 11 is 0. The van der Waals surface area contributed by atoms with E-state index in [9.17, 15) is 0 Å². The molecule has 0 aliphatic heterocycles. The van der Waals surface area contributed by atoms with E-state index in [4.69, 9.17) is 5.11 Å². The molecule has 66 valence electrons. The average Bonchev–Trinajstić information content (AvgIpc) is 2.53. The molecule has 4 heteroatoms. The van der Waals surface area contributed by atoms with Gasteiger partial charge in [0.1, 0.15) is 12.1 Å². The molecule has 0 fully saturated rings. The molecule has 4 nitrogen and oxygen atoms in total. The van der Waals surface area contributed by atoms with Crippen molar-refractivity contribution in [3.63, 3.8) is 0 Å². The highest BCUT2D eigenvalue weighted by atomic mass is 16.3. The fourth-order valence-electron chi connectivity index (χ4n) is 1.16. The van der Waals surface area contributed by atoms with Crippen LogP contribution in [0.3, 0.4) is 0 Å². The molecular weight excluding hydrogens is 166 g/mol. The first-order valence-electron chi connectivity index (χ1n) is 3.91. The minimum atomic E-state index is 0.255. The Bertz CT molecular complexity index is 405. The molecule has 2 aromatic rings. The maximum absolute atomic E-state index is 9.08. The monoisotopic (exact) mass is 175 g/mol. The Balaban J connectivity index is 2.47. The largest absolute Gasteiger partial charge is 0.508 e. The Morgan fingerprint density at radius 2 is 1.92 bits per heavy atom. The van der Waals surface area contributed by atoms with Crippen LogP contribution in [0.25, 0.3) is 11.4 Å². The van der Waals surface area contributed by atoms with Crippen LogP contribution in [-0.2, 0) is 7.05 Å². The molecule has 0 spiro atoms. The maximum atomic E-state index is 9.08. The van der Waals surface area contributed by atoms with E-state index < -0.39 is 0 Å². The minimum Gasteiger partial charge on any atom is -0.508 e. The van der Waals surface area contributed by atoms with Crippen LogP contribution in [0.15, 0.2) is 30.6 Å². The number of aromatic hydroxyl groups is 1. The van der Waals surface area contributed by atoms with Crippen molar-refractivity contribution in [3.05, 3.63) is 30.6 Å². The van der Waals surface area contributed by atoms with Crippen LogP contribution in [0.5, 0.6) is 5.75 Å². The Labute approximate surface area is 75.5 Å². The molecule has 0 radical (unpaired) electrons. The lowest BCUT2D eigenvalue weighted by Gasteiger charge is -1.99. The van der Waals surface area contributed by atoms with Crippen molar-refractivity contribution >= 4 is 0 Å². The third-order valence-electron chi connectivity index (χ3n) is 1.84. The van der Waals surface area contributed by atoms with E-state index in [-0.39, 0.29) is 5.75 Å². The molecule has 0 aliphatic carbocycles. The molecule has 0 aliphatic rings. The molecule has 0 unspecified atom stereocenters. The second kappa shape index (κ2) is 2.90. The highest BCUT2D eigenvalue weighted by Crippen LogP contribution is 2.18. The number of hydrogen-bond donors (Lipinski definition) is 1. The number of aromatic nitrogens is 3. The number of hydrogen-bond acceptors (Lipinski definition) is 3. The van der Waals surface area contributed by atoms with Gasteiger partial charge in [-0.3, -0.25) is 0 Å². The molecule has 0 amide bonds. The number of phenols is 1. The van der Waals surface area contributed by atoms with Gasteiger partial charge in [-0.25, -0.2) is 0 Å². The minimum absolute atomic E-state index is 0.255. The van der Waals surface area contributed by atoms with Crippen LogP contribution in [0.2, 0.25) is 0 Å². The molecule has 0 saturated carbocycles. The van der Waals surface area contributed by atoms with E-state index in [2.05, 4.69) is 10.2 Å². The molecule has 13 heavy (non-hydrogen) atoms. The number of rotatable bonds is 1. The van der Waals surface area contributed by atoms with Crippen molar-refractivity contribution in [2.24, 2.45) is 7.05 Å². The standard InChI is InChI=1S/C9H9N3O/c1-12-6-10-11-9(12)7-2-4-8(13)5-3-7/h2-6,13H,1H3. The quantitative estimate of drug-likeness (QED) is 0.708. The third kappa shape index (κ3) is 1.38. The van der Waals surface area contributed by atoms with Crippen LogP contribution in [-0.4, -0.2) is 19.9 Å². The topological polar surface area (TPSA) is 50.9 Å². The molecule has 0 saturated heterocycles. The van der Waals surface area contributed by atoms with Gasteiger partial charge in [0.25, 0.3) is 0 Å². The fraction of sp³-hybridized carbons (Fsp3) is 0.111. The summed E-state index contributed by atoms with van der Waals surface area (Å²) < 4.78 is 1.83. The predicted molar refractivity (Wildman–Crippen MR) is 48.1 cm³/mol. The normalized spacial score (nSPS) is 10.2. The highest BCUT2D eigenvalue weighted by molar-refractivity contribution is 5.55. The van der Waals surface area contributed by atoms with Crippen molar-refractivity contribution in [1.29, 1.82) is 0 Å². The van der Waals surface area contributed by atoms with E-state index in [1.54, 1.807) is 30.6 Å². The molecule has 2 rings (SSSR count).